The number of carbonyl (C=O) groups is 1. The minimum Gasteiger partial charge on any atom is -0.383 e. The minimum absolute atomic E-state index is 0.0331. The highest BCUT2D eigenvalue weighted by atomic mass is 35.5. The largest absolute Gasteiger partial charge is 0.383 e. The molecule has 0 atom stereocenters. The van der Waals surface area contributed by atoms with E-state index in [0.29, 0.717) is 40.2 Å². The summed E-state index contributed by atoms with van der Waals surface area (Å²) in [4.78, 5) is 29.7. The van der Waals surface area contributed by atoms with E-state index in [2.05, 4.69) is 10.3 Å². The molecule has 1 N–H and O–H groups in total. The van der Waals surface area contributed by atoms with Crippen LogP contribution < -0.4 is 10.9 Å². The maximum Gasteiger partial charge on any atom is 0.262 e. The number of nitrogens with one attached hydrogen (secondary N) is 1. The lowest BCUT2D eigenvalue weighted by atomic mass is 9.89. The molecule has 1 aliphatic rings. The van der Waals surface area contributed by atoms with Gasteiger partial charge < -0.3 is 10.1 Å². The molecule has 0 saturated heterocycles. The maximum atomic E-state index is 12.9. The second-order valence-corrected chi connectivity index (χ2v) is 8.48. The van der Waals surface area contributed by atoms with Gasteiger partial charge in [-0.15, -0.1) is 0 Å². The van der Waals surface area contributed by atoms with Crippen LogP contribution in [-0.4, -0.2) is 41.5 Å². The molecule has 6 nitrogen and oxygen atoms in total. The van der Waals surface area contributed by atoms with Crippen molar-refractivity contribution in [2.24, 2.45) is 5.92 Å². The van der Waals surface area contributed by atoms with E-state index >= 15 is 0 Å². The van der Waals surface area contributed by atoms with Gasteiger partial charge in [-0.05, 0) is 37.0 Å². The molecule has 0 spiro atoms. The van der Waals surface area contributed by atoms with Crippen LogP contribution in [0.4, 0.5) is 0 Å². The molecule has 1 saturated carbocycles. The lowest BCUT2D eigenvalue weighted by Crippen LogP contribution is -2.32. The monoisotopic (exact) mass is 423 g/mol. The van der Waals surface area contributed by atoms with E-state index in [-0.39, 0.29) is 17.2 Å². The molecular weight excluding hydrogens is 398 g/mol. The first-order valence-electron chi connectivity index (χ1n) is 9.67. The summed E-state index contributed by atoms with van der Waals surface area (Å²) in [5, 5.41) is 4.56. The lowest BCUT2D eigenvalue weighted by molar-refractivity contribution is -0.118. The van der Waals surface area contributed by atoms with Crippen molar-refractivity contribution >= 4 is 40.2 Å². The van der Waals surface area contributed by atoms with Crippen molar-refractivity contribution in [3.8, 4) is 0 Å². The quantitative estimate of drug-likeness (QED) is 0.519. The second kappa shape index (κ2) is 10.3. The lowest BCUT2D eigenvalue weighted by Gasteiger charge is -2.21. The molecule has 1 aromatic carbocycles. The minimum atomic E-state index is -0.149. The Morgan fingerprint density at radius 2 is 2.14 bits per heavy atom. The molecule has 1 aliphatic carbocycles. The molecule has 3 rings (SSSR count). The molecule has 1 aromatic heterocycles. The summed E-state index contributed by atoms with van der Waals surface area (Å²) in [6, 6.07) is 5.03. The topological polar surface area (TPSA) is 73.2 Å². The van der Waals surface area contributed by atoms with E-state index in [9.17, 15) is 9.59 Å². The Bertz CT molecular complexity index is 881. The fraction of sp³-hybridized carbons (Fsp3) is 0.550. The third-order valence-corrected chi connectivity index (χ3v) is 6.26. The Morgan fingerprint density at radius 3 is 2.89 bits per heavy atom. The number of benzene rings is 1. The number of hydrogen-bond acceptors (Lipinski definition) is 5. The summed E-state index contributed by atoms with van der Waals surface area (Å²) >= 11 is 7.32. The van der Waals surface area contributed by atoms with Gasteiger partial charge in [0.15, 0.2) is 5.16 Å². The molecule has 8 heteroatoms. The molecule has 1 amide bonds. The summed E-state index contributed by atoms with van der Waals surface area (Å²) in [6.45, 7) is 1.51. The average Bonchev–Trinajstić information content (AvgIpc) is 2.70. The standard InChI is InChI=1S/C20H26ClN3O3S/c1-27-10-9-24-19(26)16-8-7-15(21)11-17(16)23-20(24)28-13-18(25)22-12-14-5-3-2-4-6-14/h7-8,11,14H,2-6,9-10,12-13H2,1H3,(H,22,25). The van der Waals surface area contributed by atoms with Crippen molar-refractivity contribution in [2.75, 3.05) is 26.0 Å². The third kappa shape index (κ3) is 5.49. The average molecular weight is 424 g/mol. The van der Waals surface area contributed by atoms with Gasteiger partial charge in [-0.2, -0.15) is 0 Å². The van der Waals surface area contributed by atoms with Crippen LogP contribution >= 0.6 is 23.4 Å². The zero-order valence-corrected chi connectivity index (χ0v) is 17.7. The first kappa shape index (κ1) is 21.1. The number of amides is 1. The van der Waals surface area contributed by atoms with Crippen molar-refractivity contribution in [1.82, 2.24) is 14.9 Å². The molecule has 152 valence electrons. The van der Waals surface area contributed by atoms with Crippen LogP contribution in [-0.2, 0) is 16.1 Å². The van der Waals surface area contributed by atoms with Crippen LogP contribution in [0, 0.1) is 5.92 Å². The number of carbonyl (C=O) groups excluding carboxylic acids is 1. The van der Waals surface area contributed by atoms with Crippen molar-refractivity contribution in [2.45, 2.75) is 43.8 Å². The fourth-order valence-corrected chi connectivity index (χ4v) is 4.52. The normalized spacial score (nSPS) is 15.1. The number of aromatic nitrogens is 2. The molecule has 0 unspecified atom stereocenters. The Kier molecular flexibility index (Phi) is 7.76. The van der Waals surface area contributed by atoms with E-state index in [1.165, 1.54) is 43.9 Å². The predicted octanol–water partition coefficient (Wildman–Crippen LogP) is 3.48. The summed E-state index contributed by atoms with van der Waals surface area (Å²) in [6.07, 6.45) is 6.19. The molecule has 1 fully saturated rings. The Hall–Kier alpha value is -1.57. The second-order valence-electron chi connectivity index (χ2n) is 7.10. The summed E-state index contributed by atoms with van der Waals surface area (Å²) in [5.41, 5.74) is 0.389. The Balaban J connectivity index is 1.71. The Morgan fingerprint density at radius 1 is 1.36 bits per heavy atom. The smallest absolute Gasteiger partial charge is 0.262 e. The molecule has 0 radical (unpaired) electrons. The van der Waals surface area contributed by atoms with Crippen molar-refractivity contribution in [3.63, 3.8) is 0 Å². The fourth-order valence-electron chi connectivity index (χ4n) is 3.49. The summed E-state index contributed by atoms with van der Waals surface area (Å²) in [5.74, 6) is 0.774. The molecule has 0 bridgehead atoms. The highest BCUT2D eigenvalue weighted by Gasteiger charge is 2.16. The number of rotatable bonds is 8. The predicted molar refractivity (Wildman–Crippen MR) is 113 cm³/mol. The number of fused-ring (bicyclic) bond motifs is 1. The van der Waals surface area contributed by atoms with Crippen LogP contribution in [0.5, 0.6) is 0 Å². The highest BCUT2D eigenvalue weighted by molar-refractivity contribution is 7.99. The van der Waals surface area contributed by atoms with Crippen LogP contribution in [0.15, 0.2) is 28.2 Å². The van der Waals surface area contributed by atoms with E-state index < -0.39 is 0 Å². The van der Waals surface area contributed by atoms with Crippen molar-refractivity contribution < 1.29 is 9.53 Å². The molecule has 1 heterocycles. The first-order valence-corrected chi connectivity index (χ1v) is 11.0. The van der Waals surface area contributed by atoms with Crippen LogP contribution in [0.3, 0.4) is 0 Å². The van der Waals surface area contributed by atoms with Gasteiger partial charge in [0.1, 0.15) is 0 Å². The van der Waals surface area contributed by atoms with Gasteiger partial charge in [0, 0.05) is 18.7 Å². The van der Waals surface area contributed by atoms with Gasteiger partial charge in [-0.25, -0.2) is 4.98 Å². The molecular formula is C20H26ClN3O3S. The SMILES string of the molecule is COCCn1c(SCC(=O)NCC2CCCCC2)nc2cc(Cl)ccc2c1=O. The Labute approximate surface area is 174 Å². The van der Waals surface area contributed by atoms with E-state index in [4.69, 9.17) is 16.3 Å². The first-order chi connectivity index (χ1) is 13.6. The van der Waals surface area contributed by atoms with Gasteiger partial charge in [-0.3, -0.25) is 14.2 Å². The van der Waals surface area contributed by atoms with Gasteiger partial charge in [-0.1, -0.05) is 42.6 Å². The van der Waals surface area contributed by atoms with Crippen LogP contribution in [0.1, 0.15) is 32.1 Å². The van der Waals surface area contributed by atoms with Gasteiger partial charge in [0.2, 0.25) is 5.91 Å². The van der Waals surface area contributed by atoms with Gasteiger partial charge in [0.05, 0.1) is 29.8 Å². The van der Waals surface area contributed by atoms with E-state index in [1.807, 2.05) is 0 Å². The zero-order valence-electron chi connectivity index (χ0n) is 16.1. The van der Waals surface area contributed by atoms with Gasteiger partial charge in [0.25, 0.3) is 5.56 Å². The van der Waals surface area contributed by atoms with Crippen molar-refractivity contribution in [1.29, 1.82) is 0 Å². The number of thioether (sulfide) groups is 1. The van der Waals surface area contributed by atoms with Crippen LogP contribution in [0.25, 0.3) is 10.9 Å². The number of nitrogens with zero attached hydrogens (tertiary/aromatic N) is 2. The number of methoxy groups -OCH3 is 1. The zero-order chi connectivity index (χ0) is 19.9. The number of halogens is 1. The molecule has 0 aliphatic heterocycles. The van der Waals surface area contributed by atoms with E-state index in [0.717, 1.165) is 6.54 Å². The molecule has 2 aromatic rings. The van der Waals surface area contributed by atoms with E-state index in [1.54, 1.807) is 29.9 Å². The van der Waals surface area contributed by atoms with Gasteiger partial charge >= 0.3 is 0 Å². The van der Waals surface area contributed by atoms with Crippen molar-refractivity contribution in [3.05, 3.63) is 33.6 Å². The summed E-state index contributed by atoms with van der Waals surface area (Å²) < 4.78 is 6.69. The maximum absolute atomic E-state index is 12.9. The number of ether oxygens (including phenoxy) is 1. The van der Waals surface area contributed by atoms with Crippen LogP contribution in [0.2, 0.25) is 5.02 Å². The summed E-state index contributed by atoms with van der Waals surface area (Å²) in [7, 11) is 1.59. The highest BCUT2D eigenvalue weighted by Crippen LogP contribution is 2.23. The molecule has 28 heavy (non-hydrogen) atoms. The number of hydrogen-bond donors (Lipinski definition) is 1. The third-order valence-electron chi connectivity index (χ3n) is 5.05.